The number of fused-ring (bicyclic) bond motifs is 1. The van der Waals surface area contributed by atoms with Crippen LogP contribution in [-0.4, -0.2) is 32.9 Å². The molecule has 2 aromatic heterocycles. The van der Waals surface area contributed by atoms with Gasteiger partial charge in [-0.3, -0.25) is 19.0 Å². The second-order valence-corrected chi connectivity index (χ2v) is 9.19. The van der Waals surface area contributed by atoms with Crippen LogP contribution < -0.4 is 16.2 Å². The minimum Gasteiger partial charge on any atom is -0.356 e. The fourth-order valence-corrected chi connectivity index (χ4v) is 4.50. The van der Waals surface area contributed by atoms with E-state index in [1.165, 1.54) is 34.7 Å². The topological polar surface area (TPSA) is 106 Å². The van der Waals surface area contributed by atoms with Gasteiger partial charge in [0.05, 0.1) is 22.9 Å². The van der Waals surface area contributed by atoms with Crippen LogP contribution in [0.1, 0.15) is 30.9 Å². The van der Waals surface area contributed by atoms with E-state index in [1.807, 2.05) is 36.6 Å². The van der Waals surface area contributed by atoms with Crippen molar-refractivity contribution in [3.63, 3.8) is 0 Å². The number of anilines is 1. The lowest BCUT2D eigenvalue weighted by atomic mass is 10.1. The summed E-state index contributed by atoms with van der Waals surface area (Å²) in [6, 6.07) is 13.6. The van der Waals surface area contributed by atoms with Crippen molar-refractivity contribution in [3.05, 3.63) is 75.7 Å². The standard InChI is InChI=1S/C26H27N5O3S/c1-17-5-3-7-21-24(17)28-16-31(25(21)34)14-12-23(33)30-26-29-22(15-35-26)20-10-8-19(9-11-20)6-4-13-27-18(2)32/h3,5,7-11,15-16H,4,6,12-14H2,1-2H3,(H,27,32)(H,29,30,33). The number of nitrogens with one attached hydrogen (secondary N) is 2. The fraction of sp³-hybridized carbons (Fsp3) is 0.269. The first-order valence-electron chi connectivity index (χ1n) is 11.4. The van der Waals surface area contributed by atoms with Crippen molar-refractivity contribution >= 4 is 39.2 Å². The molecule has 0 bridgehead atoms. The number of carbonyl (C=O) groups excluding carboxylic acids is 2. The smallest absolute Gasteiger partial charge is 0.261 e. The third-order valence-corrected chi connectivity index (χ3v) is 6.41. The van der Waals surface area contributed by atoms with E-state index in [9.17, 15) is 14.4 Å². The molecular weight excluding hydrogens is 462 g/mol. The lowest BCUT2D eigenvalue weighted by Gasteiger charge is -2.07. The number of para-hydroxylation sites is 1. The van der Waals surface area contributed by atoms with E-state index in [0.717, 1.165) is 29.7 Å². The largest absolute Gasteiger partial charge is 0.356 e. The van der Waals surface area contributed by atoms with Crippen molar-refractivity contribution in [1.29, 1.82) is 0 Å². The maximum absolute atomic E-state index is 12.7. The van der Waals surface area contributed by atoms with Crippen LogP contribution in [0.15, 0.2) is 59.0 Å². The van der Waals surface area contributed by atoms with Crippen molar-refractivity contribution < 1.29 is 9.59 Å². The molecule has 0 aliphatic rings. The summed E-state index contributed by atoms with van der Waals surface area (Å²) in [6.45, 7) is 4.34. The molecule has 0 atom stereocenters. The maximum atomic E-state index is 12.7. The Hall–Kier alpha value is -3.85. The molecule has 8 nitrogen and oxygen atoms in total. The first-order chi connectivity index (χ1) is 16.9. The fourth-order valence-electron chi connectivity index (χ4n) is 3.76. The summed E-state index contributed by atoms with van der Waals surface area (Å²) in [5.41, 5.74) is 4.43. The quantitative estimate of drug-likeness (QED) is 0.347. The molecule has 2 aromatic carbocycles. The van der Waals surface area contributed by atoms with Gasteiger partial charge in [0.1, 0.15) is 0 Å². The predicted molar refractivity (Wildman–Crippen MR) is 139 cm³/mol. The van der Waals surface area contributed by atoms with Crippen LogP contribution in [-0.2, 0) is 22.6 Å². The van der Waals surface area contributed by atoms with E-state index < -0.39 is 0 Å². The van der Waals surface area contributed by atoms with Gasteiger partial charge in [0.15, 0.2) is 5.13 Å². The molecule has 0 spiro atoms. The monoisotopic (exact) mass is 489 g/mol. The molecule has 180 valence electrons. The summed E-state index contributed by atoms with van der Waals surface area (Å²) in [4.78, 5) is 45.0. The molecule has 4 aromatic rings. The molecule has 0 unspecified atom stereocenters. The lowest BCUT2D eigenvalue weighted by molar-refractivity contribution is -0.119. The molecule has 4 rings (SSSR count). The van der Waals surface area contributed by atoms with E-state index in [2.05, 4.69) is 32.7 Å². The Morgan fingerprint density at radius 1 is 1.11 bits per heavy atom. The Morgan fingerprint density at radius 2 is 1.91 bits per heavy atom. The lowest BCUT2D eigenvalue weighted by Crippen LogP contribution is -2.23. The molecule has 2 heterocycles. The number of benzene rings is 2. The summed E-state index contributed by atoms with van der Waals surface area (Å²) >= 11 is 1.36. The molecule has 35 heavy (non-hydrogen) atoms. The number of hydrogen-bond acceptors (Lipinski definition) is 6. The highest BCUT2D eigenvalue weighted by Crippen LogP contribution is 2.25. The van der Waals surface area contributed by atoms with Crippen LogP contribution in [0.5, 0.6) is 0 Å². The van der Waals surface area contributed by atoms with Crippen molar-refractivity contribution in [1.82, 2.24) is 19.9 Å². The number of aromatic nitrogens is 3. The first kappa shape index (κ1) is 24.3. The van der Waals surface area contributed by atoms with Gasteiger partial charge < -0.3 is 10.6 Å². The van der Waals surface area contributed by atoms with E-state index in [4.69, 9.17) is 0 Å². The minimum atomic E-state index is -0.211. The first-order valence-corrected chi connectivity index (χ1v) is 12.3. The van der Waals surface area contributed by atoms with Gasteiger partial charge in [0, 0.05) is 37.4 Å². The van der Waals surface area contributed by atoms with E-state index in [0.29, 0.717) is 22.6 Å². The number of hydrogen-bond donors (Lipinski definition) is 2. The molecule has 0 saturated carbocycles. The predicted octanol–water partition coefficient (Wildman–Crippen LogP) is 3.93. The van der Waals surface area contributed by atoms with Crippen LogP contribution in [0.3, 0.4) is 0 Å². The number of rotatable bonds is 9. The van der Waals surface area contributed by atoms with Crippen LogP contribution in [0, 0.1) is 6.92 Å². The number of nitrogens with zero attached hydrogens (tertiary/aromatic N) is 3. The Labute approximate surface area is 207 Å². The highest BCUT2D eigenvalue weighted by Gasteiger charge is 2.11. The average molecular weight is 490 g/mol. The SMILES string of the molecule is CC(=O)NCCCc1ccc(-c2csc(NC(=O)CCn3cnc4c(C)cccc4c3=O)n2)cc1. The van der Waals surface area contributed by atoms with Crippen LogP contribution in [0.4, 0.5) is 5.13 Å². The Kier molecular flexibility index (Phi) is 7.67. The summed E-state index contributed by atoms with van der Waals surface area (Å²) in [5, 5.41) is 8.59. The summed E-state index contributed by atoms with van der Waals surface area (Å²) < 4.78 is 1.46. The number of aryl methyl sites for hydroxylation is 3. The van der Waals surface area contributed by atoms with Gasteiger partial charge >= 0.3 is 0 Å². The van der Waals surface area contributed by atoms with E-state index >= 15 is 0 Å². The van der Waals surface area contributed by atoms with Crippen molar-refractivity contribution in [2.24, 2.45) is 0 Å². The molecule has 2 amide bonds. The highest BCUT2D eigenvalue weighted by molar-refractivity contribution is 7.14. The van der Waals surface area contributed by atoms with Crippen molar-refractivity contribution in [2.45, 2.75) is 39.7 Å². The van der Waals surface area contributed by atoms with Crippen molar-refractivity contribution in [3.8, 4) is 11.3 Å². The Bertz CT molecular complexity index is 1410. The summed E-state index contributed by atoms with van der Waals surface area (Å²) in [7, 11) is 0. The summed E-state index contributed by atoms with van der Waals surface area (Å²) in [5.74, 6) is -0.224. The van der Waals surface area contributed by atoms with Gasteiger partial charge in [-0.15, -0.1) is 11.3 Å². The highest BCUT2D eigenvalue weighted by atomic mass is 32.1. The van der Waals surface area contributed by atoms with E-state index in [1.54, 1.807) is 6.07 Å². The molecule has 0 radical (unpaired) electrons. The van der Waals surface area contributed by atoms with Gasteiger partial charge in [-0.25, -0.2) is 9.97 Å². The normalized spacial score (nSPS) is 10.9. The molecule has 9 heteroatoms. The van der Waals surface area contributed by atoms with Crippen molar-refractivity contribution in [2.75, 3.05) is 11.9 Å². The zero-order chi connectivity index (χ0) is 24.8. The molecule has 0 saturated heterocycles. The molecule has 2 N–H and O–H groups in total. The molecule has 0 aliphatic heterocycles. The Balaban J connectivity index is 1.31. The van der Waals surface area contributed by atoms with Gasteiger partial charge in [0.2, 0.25) is 11.8 Å². The summed E-state index contributed by atoms with van der Waals surface area (Å²) in [6.07, 6.45) is 3.40. The number of carbonyl (C=O) groups is 2. The number of amides is 2. The second kappa shape index (κ2) is 11.1. The molecule has 0 aliphatic carbocycles. The zero-order valence-corrected chi connectivity index (χ0v) is 20.5. The third kappa shape index (κ3) is 6.19. The zero-order valence-electron chi connectivity index (χ0n) is 19.7. The Morgan fingerprint density at radius 3 is 2.69 bits per heavy atom. The van der Waals surface area contributed by atoms with Crippen LogP contribution >= 0.6 is 11.3 Å². The van der Waals surface area contributed by atoms with E-state index in [-0.39, 0.29) is 30.3 Å². The average Bonchev–Trinajstić information content (AvgIpc) is 3.30. The van der Waals surface area contributed by atoms with Gasteiger partial charge in [0.25, 0.3) is 5.56 Å². The number of thiazole rings is 1. The van der Waals surface area contributed by atoms with Gasteiger partial charge in [-0.1, -0.05) is 36.4 Å². The van der Waals surface area contributed by atoms with Crippen LogP contribution in [0.2, 0.25) is 0 Å². The van der Waals surface area contributed by atoms with Gasteiger partial charge in [-0.05, 0) is 37.0 Å². The molecular formula is C26H27N5O3S. The third-order valence-electron chi connectivity index (χ3n) is 5.65. The molecule has 0 fully saturated rings. The maximum Gasteiger partial charge on any atom is 0.261 e. The second-order valence-electron chi connectivity index (χ2n) is 8.33. The minimum absolute atomic E-state index is 0.0125. The van der Waals surface area contributed by atoms with Gasteiger partial charge in [-0.2, -0.15) is 0 Å². The van der Waals surface area contributed by atoms with Crippen LogP contribution in [0.25, 0.3) is 22.2 Å².